The summed E-state index contributed by atoms with van der Waals surface area (Å²) in [6.07, 6.45) is 0. The number of ether oxygens (including phenoxy) is 1. The quantitative estimate of drug-likeness (QED) is 0.486. The first kappa shape index (κ1) is 19.5. The molecule has 158 valence electrons. The predicted octanol–water partition coefficient (Wildman–Crippen LogP) is 3.69. The molecule has 4 aromatic rings. The summed E-state index contributed by atoms with van der Waals surface area (Å²) in [5.41, 5.74) is 7.49. The molecule has 1 fully saturated rings. The summed E-state index contributed by atoms with van der Waals surface area (Å²) in [6, 6.07) is 24.7. The van der Waals surface area contributed by atoms with Gasteiger partial charge in [-0.1, -0.05) is 60.7 Å². The summed E-state index contributed by atoms with van der Waals surface area (Å²) in [4.78, 5) is 7.16. The molecule has 0 bridgehead atoms. The number of hydrogen-bond acceptors (Lipinski definition) is 6. The summed E-state index contributed by atoms with van der Waals surface area (Å²) in [7, 11) is 2.03. The molecule has 0 spiro atoms. The maximum Gasteiger partial charge on any atom is 0.160 e. The molecule has 7 nitrogen and oxygen atoms in total. The molecule has 0 aliphatic carbocycles. The number of hydrazine groups is 1. The molecule has 1 aliphatic rings. The minimum absolute atomic E-state index is 0.716. The number of rotatable bonds is 6. The maximum atomic E-state index is 5.56. The fourth-order valence-corrected chi connectivity index (χ4v) is 3.88. The van der Waals surface area contributed by atoms with Gasteiger partial charge in [0.2, 0.25) is 0 Å². The number of benzene rings is 2. The van der Waals surface area contributed by atoms with Gasteiger partial charge < -0.3 is 15.1 Å². The highest BCUT2D eigenvalue weighted by atomic mass is 16.5. The first-order valence-electron chi connectivity index (χ1n) is 10.6. The van der Waals surface area contributed by atoms with Crippen molar-refractivity contribution in [3.05, 3.63) is 78.4 Å². The summed E-state index contributed by atoms with van der Waals surface area (Å²) >= 11 is 0. The van der Waals surface area contributed by atoms with Crippen LogP contribution in [-0.4, -0.2) is 53.0 Å². The fraction of sp³-hybridized carbons (Fsp3) is 0.250. The number of anilines is 2. The van der Waals surface area contributed by atoms with Gasteiger partial charge in [0.15, 0.2) is 5.65 Å². The SMILES string of the molecule is CN(Cc1ccccc1)Nc1cc(N2CCOCC2)n2nc(-c3ccccc3)cc2n1. The van der Waals surface area contributed by atoms with Gasteiger partial charge in [-0.05, 0) is 5.56 Å². The van der Waals surface area contributed by atoms with E-state index >= 15 is 0 Å². The Morgan fingerprint density at radius 2 is 1.68 bits per heavy atom. The van der Waals surface area contributed by atoms with Crippen molar-refractivity contribution in [2.75, 3.05) is 43.7 Å². The molecule has 0 atom stereocenters. The van der Waals surface area contributed by atoms with Gasteiger partial charge in [0.1, 0.15) is 11.6 Å². The van der Waals surface area contributed by atoms with E-state index in [1.54, 1.807) is 0 Å². The third kappa shape index (κ3) is 4.38. The van der Waals surface area contributed by atoms with Crippen LogP contribution in [0.25, 0.3) is 16.9 Å². The van der Waals surface area contributed by atoms with Gasteiger partial charge in [-0.25, -0.2) is 9.99 Å². The van der Waals surface area contributed by atoms with Crippen LogP contribution in [0.15, 0.2) is 72.8 Å². The molecule has 3 heterocycles. The Morgan fingerprint density at radius 1 is 0.968 bits per heavy atom. The van der Waals surface area contributed by atoms with E-state index in [0.29, 0.717) is 13.2 Å². The second-order valence-electron chi connectivity index (χ2n) is 7.72. The van der Waals surface area contributed by atoms with Gasteiger partial charge >= 0.3 is 0 Å². The highest BCUT2D eigenvalue weighted by molar-refractivity contribution is 5.67. The van der Waals surface area contributed by atoms with E-state index in [1.807, 2.05) is 46.9 Å². The van der Waals surface area contributed by atoms with Crippen molar-refractivity contribution in [1.29, 1.82) is 0 Å². The predicted molar refractivity (Wildman–Crippen MR) is 123 cm³/mol. The monoisotopic (exact) mass is 414 g/mol. The van der Waals surface area contributed by atoms with Gasteiger partial charge in [-0.2, -0.15) is 9.61 Å². The van der Waals surface area contributed by atoms with E-state index in [1.165, 1.54) is 5.56 Å². The van der Waals surface area contributed by atoms with E-state index < -0.39 is 0 Å². The molecule has 0 saturated carbocycles. The summed E-state index contributed by atoms with van der Waals surface area (Å²) < 4.78 is 7.50. The second kappa shape index (κ2) is 8.75. The van der Waals surface area contributed by atoms with Crippen LogP contribution in [0, 0.1) is 0 Å². The molecule has 7 heteroatoms. The van der Waals surface area contributed by atoms with Gasteiger partial charge in [0, 0.05) is 44.4 Å². The molecule has 1 saturated heterocycles. The number of nitrogens with zero attached hydrogens (tertiary/aromatic N) is 5. The Hall–Kier alpha value is -3.42. The van der Waals surface area contributed by atoms with E-state index in [9.17, 15) is 0 Å². The van der Waals surface area contributed by atoms with Crippen LogP contribution in [0.1, 0.15) is 5.56 Å². The zero-order valence-corrected chi connectivity index (χ0v) is 17.6. The molecule has 2 aromatic heterocycles. The van der Waals surface area contributed by atoms with Crippen molar-refractivity contribution in [2.24, 2.45) is 0 Å². The Bertz CT molecular complexity index is 1140. The number of fused-ring (bicyclic) bond motifs is 1. The molecule has 1 N–H and O–H groups in total. The van der Waals surface area contributed by atoms with Crippen LogP contribution < -0.4 is 10.3 Å². The van der Waals surface area contributed by atoms with Crippen molar-refractivity contribution >= 4 is 17.3 Å². The van der Waals surface area contributed by atoms with Gasteiger partial charge in [-0.15, -0.1) is 0 Å². The first-order valence-corrected chi connectivity index (χ1v) is 10.6. The lowest BCUT2D eigenvalue weighted by atomic mass is 10.2. The average molecular weight is 415 g/mol. The third-order valence-corrected chi connectivity index (χ3v) is 5.38. The van der Waals surface area contributed by atoms with E-state index in [-0.39, 0.29) is 0 Å². The molecular formula is C24H26N6O. The maximum absolute atomic E-state index is 5.56. The fourth-order valence-electron chi connectivity index (χ4n) is 3.88. The minimum Gasteiger partial charge on any atom is -0.378 e. The summed E-state index contributed by atoms with van der Waals surface area (Å²) in [5.74, 6) is 1.82. The van der Waals surface area contributed by atoms with Gasteiger partial charge in [0.05, 0.1) is 18.9 Å². The smallest absolute Gasteiger partial charge is 0.160 e. The minimum atomic E-state index is 0.716. The lowest BCUT2D eigenvalue weighted by molar-refractivity contribution is 0.122. The molecule has 5 rings (SSSR count). The van der Waals surface area contributed by atoms with Gasteiger partial charge in [0.25, 0.3) is 0 Å². The lowest BCUT2D eigenvalue weighted by Crippen LogP contribution is -2.37. The first-order chi connectivity index (χ1) is 15.3. The van der Waals surface area contributed by atoms with E-state index in [4.69, 9.17) is 14.8 Å². The molecule has 31 heavy (non-hydrogen) atoms. The van der Waals surface area contributed by atoms with Crippen LogP contribution in [0.4, 0.5) is 11.6 Å². The Kier molecular flexibility index (Phi) is 5.52. The molecule has 0 unspecified atom stereocenters. The molecule has 1 aliphatic heterocycles. The highest BCUT2D eigenvalue weighted by Gasteiger charge is 2.18. The number of nitrogens with one attached hydrogen (secondary N) is 1. The lowest BCUT2D eigenvalue weighted by Gasteiger charge is -2.29. The van der Waals surface area contributed by atoms with Crippen molar-refractivity contribution in [2.45, 2.75) is 6.54 Å². The molecular weight excluding hydrogens is 388 g/mol. The Labute approximate surface area is 181 Å². The molecule has 0 radical (unpaired) electrons. The van der Waals surface area contributed by atoms with Crippen LogP contribution in [0.5, 0.6) is 0 Å². The highest BCUT2D eigenvalue weighted by Crippen LogP contribution is 2.26. The van der Waals surface area contributed by atoms with Crippen LogP contribution in [0.3, 0.4) is 0 Å². The zero-order chi connectivity index (χ0) is 21.0. The van der Waals surface area contributed by atoms with Crippen LogP contribution in [-0.2, 0) is 11.3 Å². The molecule has 2 aromatic carbocycles. The number of aromatic nitrogens is 3. The van der Waals surface area contributed by atoms with Crippen LogP contribution >= 0.6 is 0 Å². The van der Waals surface area contributed by atoms with E-state index in [2.05, 4.69) is 52.8 Å². The summed E-state index contributed by atoms with van der Waals surface area (Å²) in [6.45, 7) is 3.87. The normalized spacial score (nSPS) is 14.3. The standard InChI is InChI=1S/C24H26N6O/c1-28(18-19-8-4-2-5-9-19)27-22-17-24(29-12-14-31-15-13-29)30-23(25-22)16-21(26-30)20-10-6-3-7-11-20/h2-11,16-17H,12-15,18H2,1H3,(H,25,27). The summed E-state index contributed by atoms with van der Waals surface area (Å²) in [5, 5.41) is 6.92. The van der Waals surface area contributed by atoms with Crippen LogP contribution in [0.2, 0.25) is 0 Å². The van der Waals surface area contributed by atoms with Crippen molar-refractivity contribution in [3.8, 4) is 11.3 Å². The van der Waals surface area contributed by atoms with Gasteiger partial charge in [-0.3, -0.25) is 0 Å². The average Bonchev–Trinajstić information content (AvgIpc) is 3.24. The van der Waals surface area contributed by atoms with Crippen molar-refractivity contribution in [1.82, 2.24) is 19.6 Å². The number of morpholine rings is 1. The number of hydrogen-bond donors (Lipinski definition) is 1. The van der Waals surface area contributed by atoms with Crippen molar-refractivity contribution < 1.29 is 4.74 Å². The van der Waals surface area contributed by atoms with Crippen molar-refractivity contribution in [3.63, 3.8) is 0 Å². The third-order valence-electron chi connectivity index (χ3n) is 5.38. The zero-order valence-electron chi connectivity index (χ0n) is 17.6. The Morgan fingerprint density at radius 3 is 2.42 bits per heavy atom. The largest absolute Gasteiger partial charge is 0.378 e. The molecule has 0 amide bonds. The Balaban J connectivity index is 1.49. The second-order valence-corrected chi connectivity index (χ2v) is 7.72. The topological polar surface area (TPSA) is 57.9 Å². The van der Waals surface area contributed by atoms with E-state index in [0.717, 1.165) is 48.2 Å².